The highest BCUT2D eigenvalue weighted by molar-refractivity contribution is 7.10. The van der Waals surface area contributed by atoms with Gasteiger partial charge in [0.1, 0.15) is 5.82 Å². The van der Waals surface area contributed by atoms with E-state index in [1.807, 2.05) is 31.5 Å². The van der Waals surface area contributed by atoms with Crippen molar-refractivity contribution in [3.63, 3.8) is 0 Å². The number of nitrogens with zero attached hydrogens (tertiary/aromatic N) is 2. The quantitative estimate of drug-likeness (QED) is 0.856. The van der Waals surface area contributed by atoms with Gasteiger partial charge in [-0.1, -0.05) is 0 Å². The average Bonchev–Trinajstić information content (AvgIpc) is 3.40. The summed E-state index contributed by atoms with van der Waals surface area (Å²) in [4.78, 5) is 13.7. The molecule has 0 saturated heterocycles. The lowest BCUT2D eigenvalue weighted by molar-refractivity contribution is 0.102. The lowest BCUT2D eigenvalue weighted by Gasteiger charge is -2.03. The average molecular weight is 330 g/mol. The van der Waals surface area contributed by atoms with Crippen molar-refractivity contribution in [2.45, 2.75) is 38.1 Å². The minimum Gasteiger partial charge on any atom is -0.313 e. The van der Waals surface area contributed by atoms with Crippen LogP contribution in [-0.4, -0.2) is 28.3 Å². The fourth-order valence-corrected chi connectivity index (χ4v) is 4.03. The minimum absolute atomic E-state index is 0.0568. The molecule has 0 aromatic carbocycles. The van der Waals surface area contributed by atoms with Crippen molar-refractivity contribution in [2.24, 2.45) is 13.0 Å². The number of aromatic nitrogens is 2. The van der Waals surface area contributed by atoms with Gasteiger partial charge in [0.2, 0.25) is 0 Å². The Morgan fingerprint density at radius 3 is 2.96 bits per heavy atom. The Kier molecular flexibility index (Phi) is 3.73. The topological polar surface area (TPSA) is 59.0 Å². The van der Waals surface area contributed by atoms with Gasteiger partial charge in [-0.25, -0.2) is 0 Å². The molecule has 0 bridgehead atoms. The number of hydrogen-bond acceptors (Lipinski definition) is 4. The van der Waals surface area contributed by atoms with Gasteiger partial charge in [-0.2, -0.15) is 5.10 Å². The van der Waals surface area contributed by atoms with Crippen molar-refractivity contribution >= 4 is 23.1 Å². The summed E-state index contributed by atoms with van der Waals surface area (Å²) in [6.07, 6.45) is 3.98. The van der Waals surface area contributed by atoms with Crippen LogP contribution in [0.25, 0.3) is 0 Å². The minimum atomic E-state index is -0.0568. The summed E-state index contributed by atoms with van der Waals surface area (Å²) in [5.74, 6) is 2.19. The van der Waals surface area contributed by atoms with E-state index in [0.717, 1.165) is 23.0 Å². The molecule has 2 fully saturated rings. The second kappa shape index (κ2) is 5.76. The first-order valence-corrected chi connectivity index (χ1v) is 9.12. The summed E-state index contributed by atoms with van der Waals surface area (Å²) in [5.41, 5.74) is 1.65. The zero-order valence-electron chi connectivity index (χ0n) is 13.5. The molecule has 2 atom stereocenters. The van der Waals surface area contributed by atoms with E-state index >= 15 is 0 Å². The molecule has 2 aliphatic carbocycles. The summed E-state index contributed by atoms with van der Waals surface area (Å²) in [6.45, 7) is 3.08. The second-order valence-corrected chi connectivity index (χ2v) is 7.73. The highest BCUT2D eigenvalue weighted by atomic mass is 32.1. The van der Waals surface area contributed by atoms with Crippen LogP contribution < -0.4 is 10.6 Å². The molecule has 2 saturated carbocycles. The van der Waals surface area contributed by atoms with Gasteiger partial charge in [-0.05, 0) is 44.7 Å². The normalized spacial score (nSPS) is 23.0. The standard InChI is InChI=1S/C17H22N4OS/c1-10-5-16(21(2)20-10)19-17(22)12-6-15(23-9-12)13-7-14(13)18-8-11-3-4-11/h5-6,9,11,13-14,18H,3-4,7-8H2,1-2H3,(H,19,22). The number of hydrogen-bond donors (Lipinski definition) is 2. The van der Waals surface area contributed by atoms with E-state index in [4.69, 9.17) is 0 Å². The highest BCUT2D eigenvalue weighted by Crippen LogP contribution is 2.44. The molecule has 2 aliphatic rings. The smallest absolute Gasteiger partial charge is 0.257 e. The maximum absolute atomic E-state index is 12.4. The Labute approximate surface area is 140 Å². The zero-order valence-corrected chi connectivity index (χ0v) is 14.3. The third kappa shape index (κ3) is 3.33. The van der Waals surface area contributed by atoms with Gasteiger partial charge in [-0.3, -0.25) is 9.48 Å². The summed E-state index contributed by atoms with van der Waals surface area (Å²) in [5, 5.41) is 12.8. The molecule has 23 heavy (non-hydrogen) atoms. The first-order valence-electron chi connectivity index (χ1n) is 8.24. The van der Waals surface area contributed by atoms with Crippen molar-refractivity contribution in [1.82, 2.24) is 15.1 Å². The fraction of sp³-hybridized carbons (Fsp3) is 0.529. The molecular weight excluding hydrogens is 308 g/mol. The largest absolute Gasteiger partial charge is 0.313 e. The molecule has 1 amide bonds. The lowest BCUT2D eigenvalue weighted by Crippen LogP contribution is -2.20. The molecule has 0 radical (unpaired) electrons. The summed E-state index contributed by atoms with van der Waals surface area (Å²) in [6, 6.07) is 4.54. The maximum Gasteiger partial charge on any atom is 0.257 e. The van der Waals surface area contributed by atoms with Gasteiger partial charge in [0.15, 0.2) is 0 Å². The zero-order chi connectivity index (χ0) is 16.0. The Morgan fingerprint density at radius 1 is 1.43 bits per heavy atom. The first-order chi connectivity index (χ1) is 11.1. The Hall–Kier alpha value is -1.66. The molecular formula is C17H22N4OS. The molecule has 122 valence electrons. The first kappa shape index (κ1) is 14.9. The van der Waals surface area contributed by atoms with Gasteiger partial charge < -0.3 is 10.6 Å². The van der Waals surface area contributed by atoms with Crippen molar-refractivity contribution in [3.05, 3.63) is 33.6 Å². The van der Waals surface area contributed by atoms with E-state index in [2.05, 4.69) is 15.7 Å². The molecule has 2 aromatic heterocycles. The van der Waals surface area contributed by atoms with E-state index in [9.17, 15) is 4.79 Å². The molecule has 2 heterocycles. The van der Waals surface area contributed by atoms with Crippen LogP contribution in [0.5, 0.6) is 0 Å². The SMILES string of the molecule is Cc1cc(NC(=O)c2csc(C3CC3NCC3CC3)c2)n(C)n1. The molecule has 4 rings (SSSR count). The Bertz CT molecular complexity index is 731. The number of anilines is 1. The lowest BCUT2D eigenvalue weighted by atomic mass is 10.2. The van der Waals surface area contributed by atoms with Gasteiger partial charge in [0, 0.05) is 35.3 Å². The van der Waals surface area contributed by atoms with E-state index in [1.165, 1.54) is 30.7 Å². The predicted molar refractivity (Wildman–Crippen MR) is 92.1 cm³/mol. The van der Waals surface area contributed by atoms with Crippen LogP contribution in [0.15, 0.2) is 17.5 Å². The van der Waals surface area contributed by atoms with Crippen LogP contribution in [0, 0.1) is 12.8 Å². The molecule has 0 spiro atoms. The molecule has 2 N–H and O–H groups in total. The second-order valence-electron chi connectivity index (χ2n) is 6.79. The van der Waals surface area contributed by atoms with Crippen LogP contribution in [-0.2, 0) is 7.05 Å². The van der Waals surface area contributed by atoms with Crippen molar-refractivity contribution in [3.8, 4) is 0 Å². The van der Waals surface area contributed by atoms with Crippen LogP contribution in [0.3, 0.4) is 0 Å². The molecule has 0 aliphatic heterocycles. The van der Waals surface area contributed by atoms with Crippen LogP contribution in [0.4, 0.5) is 5.82 Å². The summed E-state index contributed by atoms with van der Waals surface area (Å²) < 4.78 is 1.69. The monoisotopic (exact) mass is 330 g/mol. The summed E-state index contributed by atoms with van der Waals surface area (Å²) >= 11 is 1.70. The maximum atomic E-state index is 12.4. The molecule has 6 heteroatoms. The Morgan fingerprint density at radius 2 is 2.26 bits per heavy atom. The van der Waals surface area contributed by atoms with E-state index in [-0.39, 0.29) is 5.91 Å². The number of nitrogens with one attached hydrogen (secondary N) is 2. The van der Waals surface area contributed by atoms with Gasteiger partial charge in [0.05, 0.1) is 11.3 Å². The summed E-state index contributed by atoms with van der Waals surface area (Å²) in [7, 11) is 1.84. The number of thiophene rings is 1. The van der Waals surface area contributed by atoms with Crippen LogP contribution >= 0.6 is 11.3 Å². The number of carbonyl (C=O) groups excluding carboxylic acids is 1. The van der Waals surface area contributed by atoms with Gasteiger partial charge in [0.25, 0.3) is 5.91 Å². The van der Waals surface area contributed by atoms with E-state index in [1.54, 1.807) is 16.0 Å². The van der Waals surface area contributed by atoms with Crippen LogP contribution in [0.1, 0.15) is 46.1 Å². The molecule has 2 unspecified atom stereocenters. The van der Waals surface area contributed by atoms with Crippen molar-refractivity contribution in [1.29, 1.82) is 0 Å². The Balaban J connectivity index is 1.36. The fourth-order valence-electron chi connectivity index (χ4n) is 2.96. The highest BCUT2D eigenvalue weighted by Gasteiger charge is 2.40. The number of carbonyl (C=O) groups is 1. The third-order valence-corrected chi connectivity index (χ3v) is 5.71. The molecule has 2 aromatic rings. The number of rotatable bonds is 6. The van der Waals surface area contributed by atoms with E-state index in [0.29, 0.717) is 12.0 Å². The van der Waals surface area contributed by atoms with E-state index < -0.39 is 0 Å². The van der Waals surface area contributed by atoms with Crippen LogP contribution in [0.2, 0.25) is 0 Å². The van der Waals surface area contributed by atoms with Gasteiger partial charge >= 0.3 is 0 Å². The predicted octanol–water partition coefficient (Wildman–Crippen LogP) is 2.90. The van der Waals surface area contributed by atoms with Crippen molar-refractivity contribution < 1.29 is 4.79 Å². The number of amides is 1. The third-order valence-electron chi connectivity index (χ3n) is 4.65. The molecule has 5 nitrogen and oxygen atoms in total. The van der Waals surface area contributed by atoms with Crippen molar-refractivity contribution in [2.75, 3.05) is 11.9 Å². The van der Waals surface area contributed by atoms with Gasteiger partial charge in [-0.15, -0.1) is 11.3 Å². The number of aryl methyl sites for hydroxylation is 2.